The monoisotopic (exact) mass is 354 g/mol. The largest absolute Gasteiger partial charge is 0.497 e. The van der Waals surface area contributed by atoms with Crippen molar-refractivity contribution in [3.8, 4) is 5.75 Å². The second-order valence-electron chi connectivity index (χ2n) is 6.28. The number of anilines is 2. The minimum absolute atomic E-state index is 0.193. The predicted molar refractivity (Wildman–Crippen MR) is 105 cm³/mol. The van der Waals surface area contributed by atoms with E-state index in [9.17, 15) is 4.79 Å². The van der Waals surface area contributed by atoms with E-state index in [0.717, 1.165) is 44.2 Å². The summed E-state index contributed by atoms with van der Waals surface area (Å²) in [6, 6.07) is 17.6. The lowest BCUT2D eigenvalue weighted by molar-refractivity contribution is 0.240. The number of benzene rings is 2. The molecule has 0 aliphatic carbocycles. The van der Waals surface area contributed by atoms with Crippen LogP contribution >= 0.6 is 0 Å². The Hall–Kier alpha value is -2.73. The number of piperazine rings is 1. The summed E-state index contributed by atoms with van der Waals surface area (Å²) in [5, 5.41) is 5.74. The van der Waals surface area contributed by atoms with Crippen molar-refractivity contribution in [3.05, 3.63) is 54.6 Å². The molecule has 2 aromatic rings. The first-order valence-electron chi connectivity index (χ1n) is 8.96. The molecular formula is C20H26N4O2. The maximum atomic E-state index is 12.0. The summed E-state index contributed by atoms with van der Waals surface area (Å²) >= 11 is 0. The zero-order valence-corrected chi connectivity index (χ0v) is 15.1. The fourth-order valence-corrected chi connectivity index (χ4v) is 3.07. The smallest absolute Gasteiger partial charge is 0.319 e. The minimum Gasteiger partial charge on any atom is -0.497 e. The first-order chi connectivity index (χ1) is 12.7. The number of rotatable bonds is 6. The van der Waals surface area contributed by atoms with Gasteiger partial charge in [0.2, 0.25) is 0 Å². The van der Waals surface area contributed by atoms with Gasteiger partial charge < -0.3 is 20.3 Å². The number of ether oxygens (including phenoxy) is 1. The lowest BCUT2D eigenvalue weighted by Crippen LogP contribution is -2.48. The van der Waals surface area contributed by atoms with Crippen molar-refractivity contribution in [1.29, 1.82) is 0 Å². The number of amides is 2. The third-order valence-corrected chi connectivity index (χ3v) is 4.53. The number of carbonyl (C=O) groups is 1. The Bertz CT molecular complexity index is 700. The summed E-state index contributed by atoms with van der Waals surface area (Å²) < 4.78 is 5.16. The highest BCUT2D eigenvalue weighted by Crippen LogP contribution is 2.17. The Balaban J connectivity index is 1.35. The molecule has 138 valence electrons. The third kappa shape index (κ3) is 5.13. The first-order valence-corrected chi connectivity index (χ1v) is 8.96. The number of nitrogens with zero attached hydrogens (tertiary/aromatic N) is 2. The second-order valence-corrected chi connectivity index (χ2v) is 6.28. The molecule has 1 aliphatic rings. The molecule has 1 aliphatic heterocycles. The summed E-state index contributed by atoms with van der Waals surface area (Å²) in [5.74, 6) is 0.721. The molecule has 0 aromatic heterocycles. The molecule has 0 saturated carbocycles. The van der Waals surface area contributed by atoms with Crippen LogP contribution in [-0.2, 0) is 0 Å². The van der Waals surface area contributed by atoms with Crippen LogP contribution in [0.1, 0.15) is 0 Å². The molecule has 2 N–H and O–H groups in total. The van der Waals surface area contributed by atoms with Crippen LogP contribution in [0.5, 0.6) is 5.75 Å². The van der Waals surface area contributed by atoms with Crippen LogP contribution in [0, 0.1) is 0 Å². The van der Waals surface area contributed by atoms with E-state index in [0.29, 0.717) is 6.54 Å². The molecule has 3 rings (SSSR count). The van der Waals surface area contributed by atoms with Gasteiger partial charge in [0, 0.05) is 56.7 Å². The Morgan fingerprint density at radius 2 is 1.81 bits per heavy atom. The van der Waals surface area contributed by atoms with Crippen LogP contribution in [0.4, 0.5) is 16.2 Å². The van der Waals surface area contributed by atoms with Crippen LogP contribution in [0.15, 0.2) is 54.6 Å². The molecule has 1 saturated heterocycles. The fraction of sp³-hybridized carbons (Fsp3) is 0.350. The topological polar surface area (TPSA) is 56.8 Å². The Morgan fingerprint density at radius 1 is 1.04 bits per heavy atom. The maximum absolute atomic E-state index is 12.0. The number of methoxy groups -OCH3 is 1. The van der Waals surface area contributed by atoms with E-state index in [1.54, 1.807) is 13.2 Å². The Kier molecular flexibility index (Phi) is 6.33. The number of nitrogens with one attached hydrogen (secondary N) is 2. The third-order valence-electron chi connectivity index (χ3n) is 4.53. The average molecular weight is 354 g/mol. The van der Waals surface area contributed by atoms with Crippen molar-refractivity contribution in [2.75, 3.05) is 56.6 Å². The number of urea groups is 1. The number of hydrogen-bond acceptors (Lipinski definition) is 4. The van der Waals surface area contributed by atoms with Gasteiger partial charge in [0.1, 0.15) is 5.75 Å². The number of para-hydroxylation sites is 1. The van der Waals surface area contributed by atoms with Gasteiger partial charge in [-0.3, -0.25) is 4.90 Å². The van der Waals surface area contributed by atoms with Crippen LogP contribution < -0.4 is 20.3 Å². The molecule has 0 radical (unpaired) electrons. The van der Waals surface area contributed by atoms with E-state index in [-0.39, 0.29) is 6.03 Å². The van der Waals surface area contributed by atoms with Gasteiger partial charge in [0.25, 0.3) is 0 Å². The van der Waals surface area contributed by atoms with Crippen LogP contribution in [0.2, 0.25) is 0 Å². The van der Waals surface area contributed by atoms with E-state index in [1.165, 1.54) is 5.69 Å². The molecule has 2 amide bonds. The highest BCUT2D eigenvalue weighted by atomic mass is 16.5. The van der Waals surface area contributed by atoms with E-state index in [2.05, 4.69) is 44.7 Å². The van der Waals surface area contributed by atoms with E-state index in [4.69, 9.17) is 4.74 Å². The fourth-order valence-electron chi connectivity index (χ4n) is 3.07. The molecule has 0 bridgehead atoms. The maximum Gasteiger partial charge on any atom is 0.319 e. The zero-order chi connectivity index (χ0) is 18.2. The van der Waals surface area contributed by atoms with Gasteiger partial charge in [-0.25, -0.2) is 4.79 Å². The van der Waals surface area contributed by atoms with Crippen molar-refractivity contribution in [3.63, 3.8) is 0 Å². The number of carbonyl (C=O) groups excluding carboxylic acids is 1. The van der Waals surface area contributed by atoms with Gasteiger partial charge in [-0.15, -0.1) is 0 Å². The van der Waals surface area contributed by atoms with Gasteiger partial charge in [0.05, 0.1) is 7.11 Å². The van der Waals surface area contributed by atoms with Crippen molar-refractivity contribution in [1.82, 2.24) is 10.2 Å². The van der Waals surface area contributed by atoms with Crippen molar-refractivity contribution in [2.45, 2.75) is 0 Å². The normalized spacial score (nSPS) is 14.7. The molecular weight excluding hydrogens is 328 g/mol. The van der Waals surface area contributed by atoms with Crippen LogP contribution in [0.3, 0.4) is 0 Å². The summed E-state index contributed by atoms with van der Waals surface area (Å²) in [7, 11) is 1.61. The molecule has 1 heterocycles. The second kappa shape index (κ2) is 9.10. The molecule has 1 fully saturated rings. The van der Waals surface area contributed by atoms with E-state index in [1.807, 2.05) is 24.3 Å². The molecule has 2 aromatic carbocycles. The van der Waals surface area contributed by atoms with Crippen molar-refractivity contribution < 1.29 is 9.53 Å². The molecule has 6 nitrogen and oxygen atoms in total. The lowest BCUT2D eigenvalue weighted by atomic mass is 10.2. The van der Waals surface area contributed by atoms with Gasteiger partial charge in [-0.2, -0.15) is 0 Å². The van der Waals surface area contributed by atoms with E-state index < -0.39 is 0 Å². The molecule has 26 heavy (non-hydrogen) atoms. The van der Waals surface area contributed by atoms with E-state index >= 15 is 0 Å². The Labute approximate surface area is 154 Å². The SMILES string of the molecule is COc1cccc(NC(=O)NCCN2CCN(c3ccccc3)CC2)c1. The molecule has 0 spiro atoms. The van der Waals surface area contributed by atoms with Gasteiger partial charge in [-0.1, -0.05) is 24.3 Å². The van der Waals surface area contributed by atoms with Crippen molar-refractivity contribution >= 4 is 17.4 Å². The summed E-state index contributed by atoms with van der Waals surface area (Å²) in [5.41, 5.74) is 2.00. The summed E-state index contributed by atoms with van der Waals surface area (Å²) in [6.07, 6.45) is 0. The quantitative estimate of drug-likeness (QED) is 0.837. The zero-order valence-electron chi connectivity index (χ0n) is 15.1. The molecule has 0 atom stereocenters. The first kappa shape index (κ1) is 18.1. The summed E-state index contributed by atoms with van der Waals surface area (Å²) in [4.78, 5) is 16.8. The van der Waals surface area contributed by atoms with Crippen LogP contribution in [0.25, 0.3) is 0 Å². The standard InChI is InChI=1S/C20H26N4O2/c1-26-19-9-5-6-17(16-19)22-20(25)21-10-11-23-12-14-24(15-13-23)18-7-3-2-4-8-18/h2-9,16H,10-15H2,1H3,(H2,21,22,25). The van der Waals surface area contributed by atoms with Crippen LogP contribution in [-0.4, -0.2) is 57.3 Å². The predicted octanol–water partition coefficient (Wildman–Crippen LogP) is 2.64. The molecule has 0 unspecified atom stereocenters. The number of hydrogen-bond donors (Lipinski definition) is 2. The molecule has 6 heteroatoms. The summed E-state index contributed by atoms with van der Waals surface area (Å²) in [6.45, 7) is 5.53. The van der Waals surface area contributed by atoms with Gasteiger partial charge >= 0.3 is 6.03 Å². The van der Waals surface area contributed by atoms with Gasteiger partial charge in [0.15, 0.2) is 0 Å². The highest BCUT2D eigenvalue weighted by Gasteiger charge is 2.16. The lowest BCUT2D eigenvalue weighted by Gasteiger charge is -2.36. The van der Waals surface area contributed by atoms with Crippen molar-refractivity contribution in [2.24, 2.45) is 0 Å². The highest BCUT2D eigenvalue weighted by molar-refractivity contribution is 5.89. The van der Waals surface area contributed by atoms with Gasteiger partial charge in [-0.05, 0) is 24.3 Å². The minimum atomic E-state index is -0.193. The Morgan fingerprint density at radius 3 is 2.54 bits per heavy atom. The average Bonchev–Trinajstić information content (AvgIpc) is 2.69.